The lowest BCUT2D eigenvalue weighted by Crippen LogP contribution is -2.14. The molecule has 0 aliphatic heterocycles. The van der Waals surface area contributed by atoms with E-state index in [9.17, 15) is 8.42 Å². The van der Waals surface area contributed by atoms with Gasteiger partial charge in [0.15, 0.2) is 0 Å². The summed E-state index contributed by atoms with van der Waals surface area (Å²) < 4.78 is 32.4. The van der Waals surface area contributed by atoms with Gasteiger partial charge in [-0.2, -0.15) is 13.5 Å². The molecule has 0 amide bonds. The molecule has 0 saturated carbocycles. The van der Waals surface area contributed by atoms with Crippen LogP contribution in [0.15, 0.2) is 30.5 Å². The van der Waals surface area contributed by atoms with Crippen LogP contribution in [0.3, 0.4) is 0 Å². The van der Waals surface area contributed by atoms with Gasteiger partial charge in [0.05, 0.1) is 23.6 Å². The largest absolute Gasteiger partial charge is 0.301 e. The molecule has 0 N–H and O–H groups in total. The van der Waals surface area contributed by atoms with E-state index in [0.29, 0.717) is 11.4 Å². The number of benzene rings is 1. The Morgan fingerprint density at radius 3 is 2.76 bits per heavy atom. The lowest BCUT2D eigenvalue weighted by atomic mass is 10.2. The first-order valence-corrected chi connectivity index (χ1v) is 9.94. The first-order valence-electron chi connectivity index (χ1n) is 7.99. The highest BCUT2D eigenvalue weighted by Gasteiger charge is 2.19. The average molecular weight is 382 g/mol. The predicted molar refractivity (Wildman–Crippen MR) is 98.9 cm³/mol. The Hall–Kier alpha value is -1.83. The number of hydrogen-bond acceptors (Lipinski definition) is 4. The summed E-state index contributed by atoms with van der Waals surface area (Å²) in [5.41, 5.74) is 2.68. The second kappa shape index (κ2) is 6.82. The molecule has 0 fully saturated rings. The van der Waals surface area contributed by atoms with Crippen molar-refractivity contribution < 1.29 is 12.6 Å². The van der Waals surface area contributed by atoms with Gasteiger partial charge < -0.3 is 4.57 Å². The Balaban J connectivity index is 2.04. The van der Waals surface area contributed by atoms with Gasteiger partial charge in [0.25, 0.3) is 10.1 Å². The van der Waals surface area contributed by atoms with E-state index in [4.69, 9.17) is 15.8 Å². The number of aromatic nitrogens is 3. The molecule has 0 spiro atoms. The topological polar surface area (TPSA) is 66.1 Å². The van der Waals surface area contributed by atoms with Gasteiger partial charge in [-0.25, -0.2) is 0 Å². The van der Waals surface area contributed by atoms with Crippen LogP contribution in [-0.2, 0) is 27.8 Å². The van der Waals surface area contributed by atoms with Gasteiger partial charge in [-0.1, -0.05) is 11.6 Å². The van der Waals surface area contributed by atoms with Crippen LogP contribution in [0.1, 0.15) is 18.2 Å². The number of hydrogen-bond donors (Lipinski definition) is 0. The molecular formula is C17H20ClN3O3S. The lowest BCUT2D eigenvalue weighted by Gasteiger charge is -2.10. The number of halogens is 1. The third-order valence-electron chi connectivity index (χ3n) is 4.09. The minimum Gasteiger partial charge on any atom is -0.301 e. The van der Waals surface area contributed by atoms with Gasteiger partial charge >= 0.3 is 0 Å². The molecule has 2 aromatic heterocycles. The molecule has 0 radical (unpaired) electrons. The first-order chi connectivity index (χ1) is 11.8. The summed E-state index contributed by atoms with van der Waals surface area (Å²) in [7, 11) is -1.68. The van der Waals surface area contributed by atoms with E-state index in [0.717, 1.165) is 28.0 Å². The highest BCUT2D eigenvalue weighted by atomic mass is 35.5. The molecule has 3 aromatic rings. The highest BCUT2D eigenvalue weighted by Crippen LogP contribution is 2.27. The number of rotatable bonds is 6. The Labute approximate surface area is 152 Å². The summed E-state index contributed by atoms with van der Waals surface area (Å²) in [4.78, 5) is 0. The molecule has 0 bridgehead atoms. The van der Waals surface area contributed by atoms with Crippen LogP contribution in [0.25, 0.3) is 16.7 Å². The fraction of sp³-hybridized carbons (Fsp3) is 0.353. The maximum absolute atomic E-state index is 11.9. The van der Waals surface area contributed by atoms with Crippen molar-refractivity contribution in [1.82, 2.24) is 14.3 Å². The standard InChI is InChI=1S/C17H20ClN3O3S/c1-4-24-25(22,23)10-8-15-12(2)19-20(3)17(15)21-9-7-13-11-14(18)5-6-16(13)21/h5-7,9,11H,4,8,10H2,1-3H3. The summed E-state index contributed by atoms with van der Waals surface area (Å²) in [6, 6.07) is 7.66. The van der Waals surface area contributed by atoms with Gasteiger partial charge in [0.2, 0.25) is 0 Å². The van der Waals surface area contributed by atoms with Crippen molar-refractivity contribution in [3.8, 4) is 5.82 Å². The molecule has 0 unspecified atom stereocenters. The minimum atomic E-state index is -3.53. The SMILES string of the molecule is CCOS(=O)(=O)CCc1c(C)nn(C)c1-n1ccc2cc(Cl)ccc21. The van der Waals surface area contributed by atoms with E-state index in [2.05, 4.69) is 5.10 Å². The first kappa shape index (κ1) is 18.0. The second-order valence-corrected chi connectivity index (χ2v) is 8.01. The normalized spacial score (nSPS) is 12.2. The lowest BCUT2D eigenvalue weighted by molar-refractivity contribution is 0.338. The molecule has 3 rings (SSSR count). The zero-order valence-electron chi connectivity index (χ0n) is 14.4. The van der Waals surface area contributed by atoms with Gasteiger partial charge in [0, 0.05) is 29.2 Å². The van der Waals surface area contributed by atoms with Crippen LogP contribution >= 0.6 is 11.6 Å². The van der Waals surface area contributed by atoms with Gasteiger partial charge in [-0.15, -0.1) is 0 Å². The fourth-order valence-electron chi connectivity index (χ4n) is 3.05. The maximum Gasteiger partial charge on any atom is 0.267 e. The third-order valence-corrected chi connectivity index (χ3v) is 5.63. The van der Waals surface area contributed by atoms with Crippen LogP contribution < -0.4 is 0 Å². The smallest absolute Gasteiger partial charge is 0.267 e. The number of fused-ring (bicyclic) bond motifs is 1. The van der Waals surface area contributed by atoms with Gasteiger partial charge in [-0.05, 0) is 44.5 Å². The summed E-state index contributed by atoms with van der Waals surface area (Å²) in [5, 5.41) is 6.16. The zero-order valence-corrected chi connectivity index (χ0v) is 15.9. The van der Waals surface area contributed by atoms with E-state index in [1.165, 1.54) is 0 Å². The minimum absolute atomic E-state index is 0.0780. The Morgan fingerprint density at radius 1 is 1.28 bits per heavy atom. The van der Waals surface area contributed by atoms with E-state index in [-0.39, 0.29) is 12.4 Å². The van der Waals surface area contributed by atoms with Crippen molar-refractivity contribution >= 4 is 32.6 Å². The van der Waals surface area contributed by atoms with Crippen molar-refractivity contribution in [3.05, 3.63) is 46.7 Å². The van der Waals surface area contributed by atoms with Crippen molar-refractivity contribution in [2.45, 2.75) is 20.3 Å². The van der Waals surface area contributed by atoms with Crippen LogP contribution in [0.5, 0.6) is 0 Å². The molecule has 0 saturated heterocycles. The molecule has 0 aliphatic rings. The highest BCUT2D eigenvalue weighted by molar-refractivity contribution is 7.86. The molecule has 0 aliphatic carbocycles. The Bertz CT molecular complexity index is 1020. The van der Waals surface area contributed by atoms with Crippen molar-refractivity contribution in [2.24, 2.45) is 7.05 Å². The van der Waals surface area contributed by atoms with Gasteiger partial charge in [0.1, 0.15) is 5.82 Å². The molecule has 0 atom stereocenters. The van der Waals surface area contributed by atoms with Crippen LogP contribution in [0.4, 0.5) is 0 Å². The summed E-state index contributed by atoms with van der Waals surface area (Å²) in [6.45, 7) is 3.69. The molecule has 25 heavy (non-hydrogen) atoms. The number of nitrogens with zero attached hydrogens (tertiary/aromatic N) is 3. The van der Waals surface area contributed by atoms with E-state index < -0.39 is 10.1 Å². The Kier molecular flexibility index (Phi) is 4.90. The average Bonchev–Trinajstić information content (AvgIpc) is 3.04. The maximum atomic E-state index is 11.9. The molecular weight excluding hydrogens is 362 g/mol. The summed E-state index contributed by atoms with van der Waals surface area (Å²) in [6.07, 6.45) is 2.28. The fourth-order valence-corrected chi connectivity index (χ4v) is 4.16. The van der Waals surface area contributed by atoms with Gasteiger partial charge in [-0.3, -0.25) is 8.86 Å². The molecule has 2 heterocycles. The van der Waals surface area contributed by atoms with Crippen molar-refractivity contribution in [1.29, 1.82) is 0 Å². The molecule has 8 heteroatoms. The second-order valence-electron chi connectivity index (χ2n) is 5.82. The summed E-state index contributed by atoms with van der Waals surface area (Å²) >= 11 is 6.06. The van der Waals surface area contributed by atoms with E-state index in [1.807, 2.05) is 49.0 Å². The molecule has 6 nitrogen and oxygen atoms in total. The van der Waals surface area contributed by atoms with E-state index in [1.54, 1.807) is 11.6 Å². The molecule has 1 aromatic carbocycles. The monoisotopic (exact) mass is 381 g/mol. The van der Waals surface area contributed by atoms with Crippen molar-refractivity contribution in [2.75, 3.05) is 12.4 Å². The third kappa shape index (κ3) is 3.58. The predicted octanol–water partition coefficient (Wildman–Crippen LogP) is 3.23. The molecule has 134 valence electrons. The van der Waals surface area contributed by atoms with Crippen LogP contribution in [0.2, 0.25) is 5.02 Å². The Morgan fingerprint density at radius 2 is 2.04 bits per heavy atom. The number of aryl methyl sites for hydroxylation is 2. The zero-order chi connectivity index (χ0) is 18.2. The van der Waals surface area contributed by atoms with Crippen molar-refractivity contribution in [3.63, 3.8) is 0 Å². The van der Waals surface area contributed by atoms with Crippen LogP contribution in [0, 0.1) is 6.92 Å². The van der Waals surface area contributed by atoms with Crippen LogP contribution in [-0.4, -0.2) is 35.1 Å². The van der Waals surface area contributed by atoms with E-state index >= 15 is 0 Å². The summed E-state index contributed by atoms with van der Waals surface area (Å²) in [5.74, 6) is 0.771. The quantitative estimate of drug-likeness (QED) is 0.615.